The number of carbonyl (C=O) groups excluding carboxylic acids is 1. The Morgan fingerprint density at radius 1 is 1.19 bits per heavy atom. The van der Waals surface area contributed by atoms with E-state index in [1.54, 1.807) is 31.2 Å². The number of fused-ring (bicyclic) bond motifs is 1. The van der Waals surface area contributed by atoms with Crippen molar-refractivity contribution in [3.05, 3.63) is 59.4 Å². The number of ketones is 1. The lowest BCUT2D eigenvalue weighted by molar-refractivity contribution is 0.0498. The number of sulfonamides is 1. The first-order chi connectivity index (χ1) is 12.3. The Balaban J connectivity index is 1.64. The Kier molecular flexibility index (Phi) is 3.89. The summed E-state index contributed by atoms with van der Waals surface area (Å²) in [6.45, 7) is 1.93. The molecule has 0 saturated carbocycles. The highest BCUT2D eigenvalue weighted by atomic mass is 32.2. The molecule has 1 atom stereocenters. The molecule has 2 aromatic rings. The second-order valence-electron chi connectivity index (χ2n) is 6.88. The van der Waals surface area contributed by atoms with Crippen LogP contribution in [0.5, 0.6) is 5.75 Å². The van der Waals surface area contributed by atoms with Gasteiger partial charge in [0.2, 0.25) is 10.0 Å². The van der Waals surface area contributed by atoms with Gasteiger partial charge in [-0.25, -0.2) is 12.8 Å². The highest BCUT2D eigenvalue weighted by Crippen LogP contribution is 2.40. The first-order valence-electron chi connectivity index (χ1n) is 8.38. The Morgan fingerprint density at radius 3 is 2.73 bits per heavy atom. The number of carbonyl (C=O) groups is 1. The molecule has 1 saturated heterocycles. The predicted molar refractivity (Wildman–Crippen MR) is 93.3 cm³/mol. The minimum atomic E-state index is -3.78. The SMILES string of the molecule is Cc1cc(F)ccc1S(=O)(=O)N1CC[C@]2(CC(=O)c3ccccc3O2)C1. The number of Topliss-reactive ketones (excluding diaryl/α,β-unsaturated/α-hetero) is 1. The Bertz CT molecular complexity index is 1000. The lowest BCUT2D eigenvalue weighted by Gasteiger charge is -2.34. The maximum atomic E-state index is 13.3. The van der Waals surface area contributed by atoms with Gasteiger partial charge in [-0.3, -0.25) is 4.79 Å². The van der Waals surface area contributed by atoms with Crippen LogP contribution in [-0.4, -0.2) is 37.2 Å². The quantitative estimate of drug-likeness (QED) is 0.810. The van der Waals surface area contributed by atoms with Crippen LogP contribution in [0.15, 0.2) is 47.4 Å². The zero-order valence-electron chi connectivity index (χ0n) is 14.2. The molecule has 1 fully saturated rings. The first-order valence-corrected chi connectivity index (χ1v) is 9.82. The molecule has 2 aliphatic heterocycles. The summed E-state index contributed by atoms with van der Waals surface area (Å²) < 4.78 is 46.7. The lowest BCUT2D eigenvalue weighted by Crippen LogP contribution is -2.45. The highest BCUT2D eigenvalue weighted by molar-refractivity contribution is 7.89. The van der Waals surface area contributed by atoms with Crippen molar-refractivity contribution in [3.63, 3.8) is 0 Å². The van der Waals surface area contributed by atoms with Crippen LogP contribution in [0.1, 0.15) is 28.8 Å². The van der Waals surface area contributed by atoms with Gasteiger partial charge in [0, 0.05) is 13.0 Å². The monoisotopic (exact) mass is 375 g/mol. The van der Waals surface area contributed by atoms with Crippen LogP contribution < -0.4 is 4.74 Å². The molecule has 5 nitrogen and oxygen atoms in total. The second-order valence-corrected chi connectivity index (χ2v) is 8.79. The van der Waals surface area contributed by atoms with Crippen LogP contribution >= 0.6 is 0 Å². The molecule has 4 rings (SSSR count). The van der Waals surface area contributed by atoms with E-state index in [9.17, 15) is 17.6 Å². The zero-order valence-corrected chi connectivity index (χ0v) is 15.1. The lowest BCUT2D eigenvalue weighted by atomic mass is 9.89. The summed E-state index contributed by atoms with van der Waals surface area (Å²) in [4.78, 5) is 12.6. The first kappa shape index (κ1) is 17.2. The minimum absolute atomic E-state index is 0.0379. The minimum Gasteiger partial charge on any atom is -0.485 e. The van der Waals surface area contributed by atoms with Crippen molar-refractivity contribution in [2.45, 2.75) is 30.3 Å². The standard InChI is InChI=1S/C19H18FNO4S/c1-13-10-14(20)6-7-18(13)26(23,24)21-9-8-19(12-21)11-16(22)15-4-2-3-5-17(15)25-19/h2-7,10H,8-9,11-12H2,1H3/t19-/m0/s1. The maximum Gasteiger partial charge on any atom is 0.243 e. The van der Waals surface area contributed by atoms with Gasteiger partial charge in [0.05, 0.1) is 23.4 Å². The number of rotatable bonds is 2. The van der Waals surface area contributed by atoms with Gasteiger partial charge in [-0.05, 0) is 42.8 Å². The van der Waals surface area contributed by atoms with E-state index in [-0.39, 0.29) is 30.2 Å². The summed E-state index contributed by atoms with van der Waals surface area (Å²) in [7, 11) is -3.78. The predicted octanol–water partition coefficient (Wildman–Crippen LogP) is 2.93. The normalized spacial score (nSPS) is 23.1. The maximum absolute atomic E-state index is 13.3. The largest absolute Gasteiger partial charge is 0.485 e. The van der Waals surface area contributed by atoms with Crippen molar-refractivity contribution in [1.29, 1.82) is 0 Å². The number of aryl methyl sites for hydroxylation is 1. The Hall–Kier alpha value is -2.25. The van der Waals surface area contributed by atoms with Crippen molar-refractivity contribution >= 4 is 15.8 Å². The van der Waals surface area contributed by atoms with Gasteiger partial charge in [-0.2, -0.15) is 4.31 Å². The zero-order chi connectivity index (χ0) is 18.5. The van der Waals surface area contributed by atoms with Crippen molar-refractivity contribution in [3.8, 4) is 5.75 Å². The third kappa shape index (κ3) is 2.71. The van der Waals surface area contributed by atoms with Gasteiger partial charge in [-0.15, -0.1) is 0 Å². The Morgan fingerprint density at radius 2 is 1.96 bits per heavy atom. The number of nitrogens with zero attached hydrogens (tertiary/aromatic N) is 1. The fourth-order valence-corrected chi connectivity index (χ4v) is 5.45. The number of ether oxygens (including phenoxy) is 1. The summed E-state index contributed by atoms with van der Waals surface area (Å²) in [6, 6.07) is 10.6. The molecule has 0 amide bonds. The van der Waals surface area contributed by atoms with Gasteiger partial charge in [0.25, 0.3) is 0 Å². The summed E-state index contributed by atoms with van der Waals surface area (Å²) in [5.41, 5.74) is 0.0534. The van der Waals surface area contributed by atoms with Crippen LogP contribution in [0.4, 0.5) is 4.39 Å². The molecule has 2 heterocycles. The van der Waals surface area contributed by atoms with E-state index in [4.69, 9.17) is 4.74 Å². The fraction of sp³-hybridized carbons (Fsp3) is 0.316. The molecule has 136 valence electrons. The molecule has 0 aromatic heterocycles. The van der Waals surface area contributed by atoms with E-state index in [2.05, 4.69) is 0 Å². The highest BCUT2D eigenvalue weighted by Gasteiger charge is 2.49. The smallest absolute Gasteiger partial charge is 0.243 e. The van der Waals surface area contributed by atoms with Crippen LogP contribution in [0.2, 0.25) is 0 Å². The summed E-state index contributed by atoms with van der Waals surface area (Å²) in [6.07, 6.45) is 0.588. The number of halogens is 1. The number of hydrogen-bond acceptors (Lipinski definition) is 4. The van der Waals surface area contributed by atoms with E-state index < -0.39 is 21.4 Å². The van der Waals surface area contributed by atoms with E-state index in [0.29, 0.717) is 23.3 Å². The molecule has 1 spiro atoms. The van der Waals surface area contributed by atoms with Gasteiger partial charge >= 0.3 is 0 Å². The molecule has 0 bridgehead atoms. The Labute approximate surface area is 151 Å². The average Bonchev–Trinajstić information content (AvgIpc) is 2.98. The van der Waals surface area contributed by atoms with Crippen LogP contribution in [0, 0.1) is 12.7 Å². The van der Waals surface area contributed by atoms with Crippen LogP contribution in [0.3, 0.4) is 0 Å². The molecule has 26 heavy (non-hydrogen) atoms. The molecular weight excluding hydrogens is 357 g/mol. The third-order valence-corrected chi connectivity index (χ3v) is 7.04. The third-order valence-electron chi connectivity index (χ3n) is 5.03. The molecule has 0 unspecified atom stereocenters. The summed E-state index contributed by atoms with van der Waals surface area (Å²) in [5, 5.41) is 0. The van der Waals surface area contributed by atoms with Gasteiger partial charge in [0.15, 0.2) is 5.78 Å². The van der Waals surface area contributed by atoms with E-state index >= 15 is 0 Å². The van der Waals surface area contributed by atoms with E-state index in [1.807, 2.05) is 0 Å². The molecule has 0 N–H and O–H groups in total. The average molecular weight is 375 g/mol. The second kappa shape index (κ2) is 5.89. The van der Waals surface area contributed by atoms with Gasteiger partial charge in [-0.1, -0.05) is 12.1 Å². The van der Waals surface area contributed by atoms with E-state index in [0.717, 1.165) is 6.07 Å². The number of para-hydroxylation sites is 1. The molecule has 0 aliphatic carbocycles. The number of benzene rings is 2. The molecule has 7 heteroatoms. The molecule has 2 aromatic carbocycles. The van der Waals surface area contributed by atoms with Crippen LogP contribution in [0.25, 0.3) is 0 Å². The van der Waals surface area contributed by atoms with Crippen LogP contribution in [-0.2, 0) is 10.0 Å². The number of hydrogen-bond donors (Lipinski definition) is 0. The van der Waals surface area contributed by atoms with Gasteiger partial charge in [0.1, 0.15) is 17.2 Å². The van der Waals surface area contributed by atoms with Gasteiger partial charge < -0.3 is 4.74 Å². The summed E-state index contributed by atoms with van der Waals surface area (Å²) >= 11 is 0. The van der Waals surface area contributed by atoms with Crippen molar-refractivity contribution in [2.24, 2.45) is 0 Å². The topological polar surface area (TPSA) is 63.7 Å². The molecular formula is C19H18FNO4S. The van der Waals surface area contributed by atoms with E-state index in [1.165, 1.54) is 16.4 Å². The van der Waals surface area contributed by atoms with Crippen molar-refractivity contribution < 1.29 is 22.3 Å². The fourth-order valence-electron chi connectivity index (χ4n) is 3.73. The molecule has 0 radical (unpaired) electrons. The molecule has 2 aliphatic rings. The van der Waals surface area contributed by atoms with Crippen molar-refractivity contribution in [1.82, 2.24) is 4.31 Å². The summed E-state index contributed by atoms with van der Waals surface area (Å²) in [5.74, 6) is -0.0119. The van der Waals surface area contributed by atoms with Crippen molar-refractivity contribution in [2.75, 3.05) is 13.1 Å².